The van der Waals surface area contributed by atoms with Crippen LogP contribution in [0.2, 0.25) is 0 Å². The molecule has 3 aromatic rings. The smallest absolute Gasteiger partial charge is 0.347 e. The molecule has 1 aliphatic rings. The van der Waals surface area contributed by atoms with Crippen LogP contribution in [0.1, 0.15) is 27.6 Å². The zero-order chi connectivity index (χ0) is 16.0. The van der Waals surface area contributed by atoms with E-state index in [1.807, 2.05) is 37.3 Å². The van der Waals surface area contributed by atoms with Crippen LogP contribution in [-0.2, 0) is 4.74 Å². The summed E-state index contributed by atoms with van der Waals surface area (Å²) in [5.41, 5.74) is 1.96. The Bertz CT molecular complexity index is 970. The number of epoxide rings is 1. The van der Waals surface area contributed by atoms with Crippen molar-refractivity contribution in [1.29, 1.82) is 0 Å². The molecule has 0 spiro atoms. The number of Topliss-reactive ketones (excluding diaryl/α,β-unsaturated/α-hetero) is 1. The van der Waals surface area contributed by atoms with Gasteiger partial charge in [0.2, 0.25) is 5.78 Å². The van der Waals surface area contributed by atoms with Crippen LogP contribution in [0.25, 0.3) is 11.0 Å². The van der Waals surface area contributed by atoms with Gasteiger partial charge in [0, 0.05) is 5.39 Å². The number of benzene rings is 2. The van der Waals surface area contributed by atoms with Crippen LogP contribution in [0.4, 0.5) is 0 Å². The van der Waals surface area contributed by atoms with Crippen molar-refractivity contribution in [2.45, 2.75) is 19.1 Å². The lowest BCUT2D eigenvalue weighted by molar-refractivity contribution is 0.0950. The summed E-state index contributed by atoms with van der Waals surface area (Å²) in [6, 6.07) is 16.5. The molecule has 4 heteroatoms. The minimum Gasteiger partial charge on any atom is -0.422 e. The number of para-hydroxylation sites is 1. The SMILES string of the molecule is Cc1cccc(C2OC2C(=O)c2cc3ccccc3oc2=O)c1. The predicted molar refractivity (Wildman–Crippen MR) is 85.6 cm³/mol. The Morgan fingerprint density at radius 3 is 2.70 bits per heavy atom. The minimum atomic E-state index is -0.618. The molecule has 1 fully saturated rings. The van der Waals surface area contributed by atoms with Gasteiger partial charge in [-0.1, -0.05) is 48.0 Å². The van der Waals surface area contributed by atoms with E-state index in [9.17, 15) is 9.59 Å². The van der Waals surface area contributed by atoms with Crippen LogP contribution in [0, 0.1) is 6.92 Å². The second kappa shape index (κ2) is 5.18. The Hall–Kier alpha value is -2.72. The highest BCUT2D eigenvalue weighted by atomic mass is 16.6. The fourth-order valence-electron chi connectivity index (χ4n) is 2.80. The molecule has 1 aliphatic heterocycles. The number of hydrogen-bond acceptors (Lipinski definition) is 4. The van der Waals surface area contributed by atoms with Gasteiger partial charge in [-0.05, 0) is 24.6 Å². The van der Waals surface area contributed by atoms with Crippen LogP contribution in [-0.4, -0.2) is 11.9 Å². The maximum Gasteiger partial charge on any atom is 0.347 e. The summed E-state index contributed by atoms with van der Waals surface area (Å²) >= 11 is 0. The Morgan fingerprint density at radius 2 is 1.87 bits per heavy atom. The van der Waals surface area contributed by atoms with Crippen molar-refractivity contribution < 1.29 is 13.9 Å². The highest BCUT2D eigenvalue weighted by Gasteiger charge is 2.47. The lowest BCUT2D eigenvalue weighted by Gasteiger charge is -2.00. The van der Waals surface area contributed by atoms with E-state index < -0.39 is 11.7 Å². The van der Waals surface area contributed by atoms with Crippen molar-refractivity contribution in [3.8, 4) is 0 Å². The monoisotopic (exact) mass is 306 g/mol. The van der Waals surface area contributed by atoms with Gasteiger partial charge in [-0.3, -0.25) is 4.79 Å². The van der Waals surface area contributed by atoms with E-state index in [0.29, 0.717) is 5.58 Å². The van der Waals surface area contributed by atoms with Crippen LogP contribution in [0.3, 0.4) is 0 Å². The number of ether oxygens (including phenoxy) is 1. The zero-order valence-corrected chi connectivity index (χ0v) is 12.5. The summed E-state index contributed by atoms with van der Waals surface area (Å²) in [6.07, 6.45) is -0.894. The summed E-state index contributed by atoms with van der Waals surface area (Å²) in [5.74, 6) is -0.323. The number of ketones is 1. The van der Waals surface area contributed by atoms with E-state index in [1.54, 1.807) is 24.3 Å². The van der Waals surface area contributed by atoms with E-state index in [4.69, 9.17) is 9.15 Å². The standard InChI is InChI=1S/C19H14O4/c1-11-5-4-7-13(9-11)17-18(23-17)16(20)14-10-12-6-2-3-8-15(12)22-19(14)21/h2-10,17-18H,1H3. The lowest BCUT2D eigenvalue weighted by atomic mass is 10.0. The summed E-state index contributed by atoms with van der Waals surface area (Å²) in [7, 11) is 0. The average molecular weight is 306 g/mol. The Labute approximate surface area is 132 Å². The molecule has 2 unspecified atom stereocenters. The van der Waals surface area contributed by atoms with Gasteiger partial charge in [-0.25, -0.2) is 4.79 Å². The molecule has 23 heavy (non-hydrogen) atoms. The average Bonchev–Trinajstić information content (AvgIpc) is 3.34. The van der Waals surface area contributed by atoms with Crippen molar-refractivity contribution in [2.75, 3.05) is 0 Å². The topological polar surface area (TPSA) is 59.8 Å². The van der Waals surface area contributed by atoms with Crippen molar-refractivity contribution in [3.63, 3.8) is 0 Å². The first-order chi connectivity index (χ1) is 11.1. The zero-order valence-electron chi connectivity index (χ0n) is 12.5. The highest BCUT2D eigenvalue weighted by Crippen LogP contribution is 2.40. The number of hydrogen-bond donors (Lipinski definition) is 0. The Morgan fingerprint density at radius 1 is 1.04 bits per heavy atom. The van der Waals surface area contributed by atoms with Gasteiger partial charge < -0.3 is 9.15 Å². The molecule has 0 N–H and O–H groups in total. The number of carbonyl (C=O) groups is 1. The third kappa shape index (κ3) is 2.47. The molecular formula is C19H14O4. The third-order valence-corrected chi connectivity index (χ3v) is 4.03. The molecule has 0 saturated carbocycles. The first-order valence-corrected chi connectivity index (χ1v) is 7.42. The summed E-state index contributed by atoms with van der Waals surface area (Å²) in [4.78, 5) is 24.6. The Balaban J connectivity index is 1.66. The molecule has 0 radical (unpaired) electrons. The van der Waals surface area contributed by atoms with Gasteiger partial charge >= 0.3 is 5.63 Å². The number of fused-ring (bicyclic) bond motifs is 1. The number of carbonyl (C=O) groups excluding carboxylic acids is 1. The van der Waals surface area contributed by atoms with Crippen LogP contribution in [0.15, 0.2) is 63.8 Å². The van der Waals surface area contributed by atoms with Crippen molar-refractivity contribution in [3.05, 3.63) is 81.7 Å². The van der Waals surface area contributed by atoms with Gasteiger partial charge in [-0.15, -0.1) is 0 Å². The normalized spacial score (nSPS) is 19.7. The number of aryl methyl sites for hydroxylation is 1. The Kier molecular flexibility index (Phi) is 3.13. The molecule has 2 atom stereocenters. The fraction of sp³-hybridized carbons (Fsp3) is 0.158. The molecule has 1 aromatic heterocycles. The van der Waals surface area contributed by atoms with Crippen LogP contribution < -0.4 is 5.63 Å². The second-order valence-electron chi connectivity index (χ2n) is 5.74. The first kappa shape index (κ1) is 13.9. The van der Waals surface area contributed by atoms with Gasteiger partial charge in [0.05, 0.1) is 0 Å². The van der Waals surface area contributed by atoms with E-state index in [0.717, 1.165) is 16.5 Å². The van der Waals surface area contributed by atoms with E-state index >= 15 is 0 Å². The van der Waals surface area contributed by atoms with E-state index in [2.05, 4.69) is 0 Å². The molecule has 114 valence electrons. The maximum absolute atomic E-state index is 12.6. The van der Waals surface area contributed by atoms with Crippen molar-refractivity contribution >= 4 is 16.8 Å². The van der Waals surface area contributed by atoms with Gasteiger partial charge in [0.25, 0.3) is 0 Å². The van der Waals surface area contributed by atoms with E-state index in [-0.39, 0.29) is 17.5 Å². The second-order valence-corrected chi connectivity index (χ2v) is 5.74. The summed E-state index contributed by atoms with van der Waals surface area (Å²) < 4.78 is 10.7. The summed E-state index contributed by atoms with van der Waals surface area (Å²) in [6.45, 7) is 1.99. The maximum atomic E-state index is 12.6. The molecule has 2 aromatic carbocycles. The molecule has 4 nitrogen and oxygen atoms in total. The number of rotatable bonds is 3. The van der Waals surface area contributed by atoms with Gasteiger partial charge in [0.1, 0.15) is 17.3 Å². The predicted octanol–water partition coefficient (Wildman–Crippen LogP) is 3.42. The molecule has 2 heterocycles. The molecular weight excluding hydrogens is 292 g/mol. The van der Waals surface area contributed by atoms with Gasteiger partial charge in [-0.2, -0.15) is 0 Å². The molecule has 1 saturated heterocycles. The molecule has 0 amide bonds. The third-order valence-electron chi connectivity index (χ3n) is 4.03. The minimum absolute atomic E-state index is 0.0452. The fourth-order valence-corrected chi connectivity index (χ4v) is 2.80. The highest BCUT2D eigenvalue weighted by molar-refractivity contribution is 6.02. The molecule has 0 aliphatic carbocycles. The van der Waals surface area contributed by atoms with E-state index in [1.165, 1.54) is 0 Å². The van der Waals surface area contributed by atoms with Crippen molar-refractivity contribution in [1.82, 2.24) is 0 Å². The summed E-state index contributed by atoms with van der Waals surface area (Å²) in [5, 5.41) is 0.725. The molecule has 0 bridgehead atoms. The first-order valence-electron chi connectivity index (χ1n) is 7.42. The van der Waals surface area contributed by atoms with Gasteiger partial charge in [0.15, 0.2) is 6.10 Å². The largest absolute Gasteiger partial charge is 0.422 e. The molecule has 4 rings (SSSR count). The van der Waals surface area contributed by atoms with Crippen LogP contribution in [0.5, 0.6) is 0 Å². The van der Waals surface area contributed by atoms with Crippen LogP contribution >= 0.6 is 0 Å². The quantitative estimate of drug-likeness (QED) is 0.422. The lowest BCUT2D eigenvalue weighted by Crippen LogP contribution is -2.18. The van der Waals surface area contributed by atoms with Crippen molar-refractivity contribution in [2.24, 2.45) is 0 Å².